The van der Waals surface area contributed by atoms with E-state index in [2.05, 4.69) is 16.9 Å². The van der Waals surface area contributed by atoms with Crippen molar-refractivity contribution in [2.45, 2.75) is 110 Å². The van der Waals surface area contributed by atoms with E-state index in [1.807, 2.05) is 13.8 Å². The van der Waals surface area contributed by atoms with Crippen LogP contribution in [0.5, 0.6) is 0 Å². The number of nitrogens with one attached hydrogen (secondary N) is 1. The molecule has 8 nitrogen and oxygen atoms in total. The molecule has 2 saturated heterocycles. The van der Waals surface area contributed by atoms with Crippen LogP contribution in [0.1, 0.15) is 84.2 Å². The highest BCUT2D eigenvalue weighted by molar-refractivity contribution is 6.32. The summed E-state index contributed by atoms with van der Waals surface area (Å²) in [5.41, 5.74) is -1.06. The molecule has 7 unspecified atom stereocenters. The van der Waals surface area contributed by atoms with Gasteiger partial charge in [0.2, 0.25) is 5.91 Å². The molecule has 7 atom stereocenters. The first-order chi connectivity index (χ1) is 17.8. The van der Waals surface area contributed by atoms with Gasteiger partial charge in [-0.15, -0.1) is 6.58 Å². The molecule has 3 rings (SSSR count). The van der Waals surface area contributed by atoms with E-state index in [-0.39, 0.29) is 29.8 Å². The average molecular weight is 551 g/mol. The normalized spacial score (nSPS) is 35.3. The van der Waals surface area contributed by atoms with E-state index in [4.69, 9.17) is 20.8 Å². The highest BCUT2D eigenvalue weighted by atomic mass is 35.5. The number of aryl methyl sites for hydroxylation is 1. The van der Waals surface area contributed by atoms with Gasteiger partial charge in [0.25, 0.3) is 0 Å². The number of carbonyl (C=O) groups is 2. The van der Waals surface area contributed by atoms with E-state index in [0.29, 0.717) is 35.9 Å². The van der Waals surface area contributed by atoms with Crippen molar-refractivity contribution in [1.29, 1.82) is 0 Å². The maximum Gasteiger partial charge on any atom is 0.223 e. The Balaban J connectivity index is 1.88. The third kappa shape index (κ3) is 7.34. The number of Topliss-reactive ketones (excluding diaryl/α,β-unsaturated/α-hetero) is 1. The molecular weight excluding hydrogens is 508 g/mol. The number of hydrogen-bond acceptors (Lipinski definition) is 7. The monoisotopic (exact) mass is 550 g/mol. The molecule has 0 spiro atoms. The van der Waals surface area contributed by atoms with Gasteiger partial charge >= 0.3 is 0 Å². The molecule has 2 aliphatic rings. The molecule has 3 heterocycles. The smallest absolute Gasteiger partial charge is 0.223 e. The molecule has 2 aliphatic heterocycles. The molecule has 3 N–H and O–H groups in total. The second kappa shape index (κ2) is 12.5. The minimum Gasteiger partial charge on any atom is -0.449 e. The van der Waals surface area contributed by atoms with Crippen molar-refractivity contribution in [3.63, 3.8) is 0 Å². The van der Waals surface area contributed by atoms with Crippen LogP contribution >= 0.6 is 11.6 Å². The Hall–Kier alpha value is -2.00. The van der Waals surface area contributed by atoms with Gasteiger partial charge in [0.05, 0.1) is 41.8 Å². The Morgan fingerprint density at radius 1 is 1.32 bits per heavy atom. The van der Waals surface area contributed by atoms with Crippen molar-refractivity contribution < 1.29 is 29.0 Å². The predicted molar refractivity (Wildman–Crippen MR) is 146 cm³/mol. The molecule has 0 radical (unpaired) electrons. The molecule has 0 bridgehead atoms. The number of nitrogens with zero attached hydrogens (tertiary/aromatic N) is 1. The van der Waals surface area contributed by atoms with Gasteiger partial charge in [0.1, 0.15) is 17.7 Å². The lowest BCUT2D eigenvalue weighted by atomic mass is 9.71. The summed E-state index contributed by atoms with van der Waals surface area (Å²) in [6.45, 7) is 12.8. The maximum absolute atomic E-state index is 13.7. The van der Waals surface area contributed by atoms with Crippen molar-refractivity contribution in [2.24, 2.45) is 17.3 Å². The number of fused-ring (bicyclic) bond motifs is 1. The zero-order chi connectivity index (χ0) is 28.3. The van der Waals surface area contributed by atoms with Gasteiger partial charge in [-0.3, -0.25) is 9.59 Å². The quantitative estimate of drug-likeness (QED) is 0.358. The van der Waals surface area contributed by atoms with Crippen molar-refractivity contribution in [3.05, 3.63) is 35.5 Å². The average Bonchev–Trinajstić information content (AvgIpc) is 3.29. The van der Waals surface area contributed by atoms with Crippen molar-refractivity contribution in [2.75, 3.05) is 0 Å². The molecule has 38 heavy (non-hydrogen) atoms. The number of carbonyl (C=O) groups excluding carboxylic acids is 2. The van der Waals surface area contributed by atoms with Gasteiger partial charge in [-0.25, -0.2) is 4.98 Å². The standard InChI is InChI=1S/C29H43ClN2O6/c1-7-8-11-20-26(35)17(2)10-9-12-29(6)24(38-29)14-22(21(30)13-19-16-37-18(3)31-19)32-25(34)15-23(33)28(4,5)27(20)36/h7,13,16-17,20,22-24,26,33,35H,1,8-12,14-15H2,2-6H3,(H,32,34). The topological polar surface area (TPSA) is 125 Å². The number of halogens is 1. The van der Waals surface area contributed by atoms with Crippen LogP contribution in [-0.4, -0.2) is 56.8 Å². The van der Waals surface area contributed by atoms with E-state index >= 15 is 0 Å². The third-order valence-corrected chi connectivity index (χ3v) is 8.64. The predicted octanol–water partition coefficient (Wildman–Crippen LogP) is 4.70. The van der Waals surface area contributed by atoms with Crippen LogP contribution in [0.15, 0.2) is 28.4 Å². The number of aliphatic hydroxyl groups is 2. The second-order valence-corrected chi connectivity index (χ2v) is 12.2. The number of rotatable bonds is 5. The number of allylic oxidation sites excluding steroid dienone is 1. The summed E-state index contributed by atoms with van der Waals surface area (Å²) in [7, 11) is 0. The fourth-order valence-corrected chi connectivity index (χ4v) is 5.63. The van der Waals surface area contributed by atoms with Crippen LogP contribution in [0.25, 0.3) is 6.08 Å². The Bertz CT molecular complexity index is 1040. The van der Waals surface area contributed by atoms with E-state index in [0.717, 1.165) is 19.3 Å². The minimum atomic E-state index is -1.25. The molecular formula is C29H43ClN2O6. The van der Waals surface area contributed by atoms with Crippen LogP contribution < -0.4 is 5.32 Å². The Kier molecular flexibility index (Phi) is 10.0. The minimum absolute atomic E-state index is 0.106. The van der Waals surface area contributed by atoms with Gasteiger partial charge < -0.3 is 24.7 Å². The Labute approximate surface area is 230 Å². The van der Waals surface area contributed by atoms with E-state index in [1.54, 1.807) is 32.9 Å². The summed E-state index contributed by atoms with van der Waals surface area (Å²) < 4.78 is 11.3. The summed E-state index contributed by atoms with van der Waals surface area (Å²) >= 11 is 6.67. The fourth-order valence-electron chi connectivity index (χ4n) is 5.37. The number of ketones is 1. The van der Waals surface area contributed by atoms with Crippen LogP contribution in [-0.2, 0) is 14.3 Å². The SMILES string of the molecule is C=CCCC1C(=O)C(C)(C)C(O)CC(=O)NC(C(Cl)=Cc2coc(C)n2)CC2OC2(C)CCCC(C)C1O. The van der Waals surface area contributed by atoms with Gasteiger partial charge in [0, 0.05) is 24.3 Å². The summed E-state index contributed by atoms with van der Waals surface area (Å²) in [6.07, 6.45) is 6.16. The molecule has 9 heteroatoms. The number of ether oxygens (including phenoxy) is 1. The number of aliphatic hydroxyl groups excluding tert-OH is 2. The molecule has 0 aliphatic carbocycles. The first kappa shape index (κ1) is 30.5. The highest BCUT2D eigenvalue weighted by Gasteiger charge is 2.52. The third-order valence-electron chi connectivity index (χ3n) is 8.27. The van der Waals surface area contributed by atoms with E-state index < -0.39 is 35.5 Å². The molecule has 1 aromatic rings. The second-order valence-electron chi connectivity index (χ2n) is 11.7. The van der Waals surface area contributed by atoms with Crippen molar-refractivity contribution >= 4 is 29.4 Å². The summed E-state index contributed by atoms with van der Waals surface area (Å²) in [4.78, 5) is 31.0. The fraction of sp³-hybridized carbons (Fsp3) is 0.690. The lowest BCUT2D eigenvalue weighted by molar-refractivity contribution is -0.144. The molecule has 0 saturated carbocycles. The van der Waals surface area contributed by atoms with E-state index in [1.165, 1.54) is 6.26 Å². The van der Waals surface area contributed by atoms with Crippen molar-refractivity contribution in [3.8, 4) is 0 Å². The number of amides is 1. The van der Waals surface area contributed by atoms with Crippen LogP contribution in [0.4, 0.5) is 0 Å². The van der Waals surface area contributed by atoms with Gasteiger partial charge in [-0.1, -0.05) is 44.9 Å². The Morgan fingerprint density at radius 2 is 2.03 bits per heavy atom. The number of aromatic nitrogens is 1. The maximum atomic E-state index is 13.7. The zero-order valence-electron chi connectivity index (χ0n) is 23.2. The molecule has 212 valence electrons. The first-order valence-electron chi connectivity index (χ1n) is 13.6. The highest BCUT2D eigenvalue weighted by Crippen LogP contribution is 2.45. The number of epoxide rings is 1. The lowest BCUT2D eigenvalue weighted by Crippen LogP contribution is -2.48. The van der Waals surface area contributed by atoms with Gasteiger partial charge in [-0.2, -0.15) is 0 Å². The molecule has 2 fully saturated rings. The zero-order valence-corrected chi connectivity index (χ0v) is 24.0. The van der Waals surface area contributed by atoms with Crippen LogP contribution in [0.3, 0.4) is 0 Å². The van der Waals surface area contributed by atoms with Gasteiger partial charge in [0.15, 0.2) is 5.89 Å². The number of oxazole rings is 1. The summed E-state index contributed by atoms with van der Waals surface area (Å²) in [5, 5.41) is 25.6. The number of hydrogen-bond donors (Lipinski definition) is 3. The molecule has 0 aromatic carbocycles. The molecule has 1 aromatic heterocycles. The molecule has 1 amide bonds. The van der Waals surface area contributed by atoms with Crippen LogP contribution in [0.2, 0.25) is 0 Å². The summed E-state index contributed by atoms with van der Waals surface area (Å²) in [5.74, 6) is -0.965. The Morgan fingerprint density at radius 3 is 2.66 bits per heavy atom. The van der Waals surface area contributed by atoms with Crippen molar-refractivity contribution in [1.82, 2.24) is 10.3 Å². The largest absolute Gasteiger partial charge is 0.449 e. The van der Waals surface area contributed by atoms with Crippen LogP contribution in [0, 0.1) is 24.2 Å². The van der Waals surface area contributed by atoms with E-state index in [9.17, 15) is 19.8 Å². The van der Waals surface area contributed by atoms with Gasteiger partial charge in [-0.05, 0) is 44.6 Å². The first-order valence-corrected chi connectivity index (χ1v) is 13.9. The summed E-state index contributed by atoms with van der Waals surface area (Å²) in [6, 6.07) is -0.562. The lowest BCUT2D eigenvalue weighted by Gasteiger charge is -2.36.